The van der Waals surface area contributed by atoms with E-state index in [1.807, 2.05) is 18.5 Å². The second kappa shape index (κ2) is 7.14. The van der Waals surface area contributed by atoms with Gasteiger partial charge < -0.3 is 14.8 Å². The molecule has 7 heteroatoms. The van der Waals surface area contributed by atoms with Crippen LogP contribution in [-0.2, 0) is 6.54 Å². The van der Waals surface area contributed by atoms with Crippen molar-refractivity contribution in [3.8, 4) is 0 Å². The molecule has 1 aliphatic rings. The molecular weight excluding hydrogens is 314 g/mol. The van der Waals surface area contributed by atoms with Crippen molar-refractivity contribution in [2.45, 2.75) is 19.4 Å². The average molecular weight is 337 g/mol. The molecule has 1 aliphatic heterocycles. The number of aromatic amines is 1. The summed E-state index contributed by atoms with van der Waals surface area (Å²) in [6.45, 7) is 4.06. The van der Waals surface area contributed by atoms with Gasteiger partial charge in [-0.25, -0.2) is 15.0 Å². The van der Waals surface area contributed by atoms with Crippen molar-refractivity contribution >= 4 is 17.0 Å². The summed E-state index contributed by atoms with van der Waals surface area (Å²) in [6.07, 6.45) is 9.50. The van der Waals surface area contributed by atoms with Crippen LogP contribution in [-0.4, -0.2) is 56.5 Å². The first kappa shape index (κ1) is 16.0. The van der Waals surface area contributed by atoms with Gasteiger partial charge in [-0.15, -0.1) is 0 Å². The van der Waals surface area contributed by atoms with Gasteiger partial charge in [0.25, 0.3) is 0 Å². The van der Waals surface area contributed by atoms with E-state index in [1.165, 1.54) is 18.4 Å². The predicted molar refractivity (Wildman–Crippen MR) is 97.2 cm³/mol. The fourth-order valence-electron chi connectivity index (χ4n) is 3.71. The Morgan fingerprint density at radius 1 is 1.32 bits per heavy atom. The van der Waals surface area contributed by atoms with E-state index in [1.54, 1.807) is 12.7 Å². The molecule has 1 atom stereocenters. The lowest BCUT2D eigenvalue weighted by Crippen LogP contribution is -2.40. The van der Waals surface area contributed by atoms with Crippen molar-refractivity contribution in [1.29, 1.82) is 0 Å². The average Bonchev–Trinajstić information content (AvgIpc) is 3.11. The highest BCUT2D eigenvalue weighted by molar-refractivity contribution is 5.82. The van der Waals surface area contributed by atoms with Crippen LogP contribution in [0.2, 0.25) is 0 Å². The highest BCUT2D eigenvalue weighted by Gasteiger charge is 2.24. The number of rotatable bonds is 5. The SMILES string of the molecule is CN(Cc1cccnc1)C[C@@H]1CCCN(c2ncnc3nc[nH]c23)C1. The Morgan fingerprint density at radius 2 is 2.28 bits per heavy atom. The van der Waals surface area contributed by atoms with Gasteiger partial charge in [0.05, 0.1) is 6.33 Å². The second-order valence-electron chi connectivity index (χ2n) is 6.81. The third-order valence-corrected chi connectivity index (χ3v) is 4.77. The quantitative estimate of drug-likeness (QED) is 0.768. The summed E-state index contributed by atoms with van der Waals surface area (Å²) in [5, 5.41) is 0. The van der Waals surface area contributed by atoms with E-state index in [2.05, 4.69) is 47.8 Å². The van der Waals surface area contributed by atoms with Crippen LogP contribution >= 0.6 is 0 Å². The van der Waals surface area contributed by atoms with Crippen molar-refractivity contribution in [2.24, 2.45) is 5.92 Å². The first-order valence-electron chi connectivity index (χ1n) is 8.76. The Bertz CT molecular complexity index is 816. The first-order valence-corrected chi connectivity index (χ1v) is 8.76. The van der Waals surface area contributed by atoms with Gasteiger partial charge in [-0.1, -0.05) is 6.07 Å². The minimum atomic E-state index is 0.628. The Labute approximate surface area is 147 Å². The summed E-state index contributed by atoms with van der Waals surface area (Å²) in [4.78, 5) is 25.1. The molecule has 0 spiro atoms. The zero-order chi connectivity index (χ0) is 17.1. The van der Waals surface area contributed by atoms with Crippen LogP contribution in [0, 0.1) is 5.92 Å². The van der Waals surface area contributed by atoms with Crippen LogP contribution < -0.4 is 4.90 Å². The molecule has 130 valence electrons. The minimum Gasteiger partial charge on any atom is -0.354 e. The highest BCUT2D eigenvalue weighted by atomic mass is 15.2. The summed E-state index contributed by atoms with van der Waals surface area (Å²) in [5.41, 5.74) is 2.93. The molecule has 0 radical (unpaired) electrons. The third kappa shape index (κ3) is 3.61. The summed E-state index contributed by atoms with van der Waals surface area (Å²) in [6, 6.07) is 4.13. The topological polar surface area (TPSA) is 73.8 Å². The van der Waals surface area contributed by atoms with Crippen LogP contribution in [0.4, 0.5) is 5.82 Å². The highest BCUT2D eigenvalue weighted by Crippen LogP contribution is 2.26. The molecular formula is C18H23N7. The van der Waals surface area contributed by atoms with E-state index < -0.39 is 0 Å². The standard InChI is InChI=1S/C18H23N7/c1-24(9-14-4-2-6-19-8-14)10-15-5-3-7-25(11-15)18-16-17(21-12-20-16)22-13-23-18/h2,4,6,8,12-13,15H,3,5,7,9-11H2,1H3,(H,20,21,22,23)/t15-/m0/s1. The van der Waals surface area contributed by atoms with E-state index >= 15 is 0 Å². The Morgan fingerprint density at radius 3 is 3.16 bits per heavy atom. The van der Waals surface area contributed by atoms with Crippen molar-refractivity contribution in [2.75, 3.05) is 31.6 Å². The van der Waals surface area contributed by atoms with Gasteiger partial charge in [0.1, 0.15) is 11.8 Å². The number of hydrogen-bond acceptors (Lipinski definition) is 6. The molecule has 25 heavy (non-hydrogen) atoms. The summed E-state index contributed by atoms with van der Waals surface area (Å²) < 4.78 is 0. The van der Waals surface area contributed by atoms with E-state index in [-0.39, 0.29) is 0 Å². The molecule has 0 unspecified atom stereocenters. The fraction of sp³-hybridized carbons (Fsp3) is 0.444. The number of aromatic nitrogens is 5. The minimum absolute atomic E-state index is 0.628. The molecule has 3 aromatic heterocycles. The molecule has 0 saturated carbocycles. The molecule has 7 nitrogen and oxygen atoms in total. The molecule has 1 N–H and O–H groups in total. The Balaban J connectivity index is 1.42. The molecule has 3 aromatic rings. The molecule has 4 heterocycles. The molecule has 4 rings (SSSR count). The zero-order valence-corrected chi connectivity index (χ0v) is 14.5. The van der Waals surface area contributed by atoms with E-state index in [4.69, 9.17) is 0 Å². The molecule has 0 bridgehead atoms. The Kier molecular flexibility index (Phi) is 4.56. The number of nitrogens with zero attached hydrogens (tertiary/aromatic N) is 6. The molecule has 1 fully saturated rings. The lowest BCUT2D eigenvalue weighted by atomic mass is 9.97. The normalized spacial score (nSPS) is 18.2. The van der Waals surface area contributed by atoms with Crippen LogP contribution in [0.15, 0.2) is 37.2 Å². The lowest BCUT2D eigenvalue weighted by Gasteiger charge is -2.35. The smallest absolute Gasteiger partial charge is 0.182 e. The maximum absolute atomic E-state index is 4.51. The van der Waals surface area contributed by atoms with Crippen molar-refractivity contribution in [3.63, 3.8) is 0 Å². The van der Waals surface area contributed by atoms with Gasteiger partial charge in [0.2, 0.25) is 0 Å². The van der Waals surface area contributed by atoms with Gasteiger partial charge in [-0.05, 0) is 37.4 Å². The number of imidazole rings is 1. The van der Waals surface area contributed by atoms with Gasteiger partial charge in [0, 0.05) is 38.6 Å². The number of piperidine rings is 1. The van der Waals surface area contributed by atoms with Crippen LogP contribution in [0.25, 0.3) is 11.2 Å². The monoisotopic (exact) mass is 337 g/mol. The molecule has 0 aromatic carbocycles. The number of pyridine rings is 1. The Hall–Kier alpha value is -2.54. The van der Waals surface area contributed by atoms with Gasteiger partial charge in [-0.3, -0.25) is 4.98 Å². The fourth-order valence-corrected chi connectivity index (χ4v) is 3.71. The number of fused-ring (bicyclic) bond motifs is 1. The summed E-state index contributed by atoms with van der Waals surface area (Å²) in [5.74, 6) is 1.60. The van der Waals surface area contributed by atoms with Crippen LogP contribution in [0.3, 0.4) is 0 Å². The number of hydrogen-bond donors (Lipinski definition) is 1. The number of H-pyrrole nitrogens is 1. The number of anilines is 1. The van der Waals surface area contributed by atoms with Crippen LogP contribution in [0.5, 0.6) is 0 Å². The zero-order valence-electron chi connectivity index (χ0n) is 14.5. The van der Waals surface area contributed by atoms with Crippen molar-refractivity contribution in [3.05, 3.63) is 42.7 Å². The lowest BCUT2D eigenvalue weighted by molar-refractivity contribution is 0.247. The van der Waals surface area contributed by atoms with E-state index in [0.717, 1.165) is 43.2 Å². The molecule has 1 saturated heterocycles. The maximum atomic E-state index is 4.51. The van der Waals surface area contributed by atoms with Gasteiger partial charge >= 0.3 is 0 Å². The number of nitrogens with one attached hydrogen (secondary N) is 1. The summed E-state index contributed by atoms with van der Waals surface area (Å²) in [7, 11) is 2.18. The summed E-state index contributed by atoms with van der Waals surface area (Å²) >= 11 is 0. The second-order valence-corrected chi connectivity index (χ2v) is 6.81. The maximum Gasteiger partial charge on any atom is 0.182 e. The largest absolute Gasteiger partial charge is 0.354 e. The molecule has 0 aliphatic carbocycles. The van der Waals surface area contributed by atoms with Gasteiger partial charge in [-0.2, -0.15) is 0 Å². The first-order chi connectivity index (χ1) is 12.3. The van der Waals surface area contributed by atoms with Crippen molar-refractivity contribution in [1.82, 2.24) is 29.8 Å². The van der Waals surface area contributed by atoms with Crippen molar-refractivity contribution < 1.29 is 0 Å². The third-order valence-electron chi connectivity index (χ3n) is 4.77. The molecule has 0 amide bonds. The van der Waals surface area contributed by atoms with E-state index in [0.29, 0.717) is 5.92 Å². The van der Waals surface area contributed by atoms with Gasteiger partial charge in [0.15, 0.2) is 11.5 Å². The van der Waals surface area contributed by atoms with Crippen LogP contribution in [0.1, 0.15) is 18.4 Å². The predicted octanol–water partition coefficient (Wildman–Crippen LogP) is 2.10. The van der Waals surface area contributed by atoms with E-state index in [9.17, 15) is 0 Å².